The van der Waals surface area contributed by atoms with Crippen molar-refractivity contribution in [2.75, 3.05) is 25.1 Å². The molecule has 1 amide bonds. The number of methoxy groups -OCH3 is 1. The number of hydrogen-bond donors (Lipinski definition) is 1. The van der Waals surface area contributed by atoms with Gasteiger partial charge in [-0.3, -0.25) is 4.79 Å². The summed E-state index contributed by atoms with van der Waals surface area (Å²) in [6.07, 6.45) is 5.05. The molecule has 8 heteroatoms. The van der Waals surface area contributed by atoms with Gasteiger partial charge in [-0.15, -0.1) is 0 Å². The van der Waals surface area contributed by atoms with Crippen LogP contribution in [-0.2, 0) is 7.05 Å². The first-order valence-electron chi connectivity index (χ1n) is 8.61. The minimum absolute atomic E-state index is 0.0597. The van der Waals surface area contributed by atoms with Crippen molar-refractivity contribution >= 4 is 32.6 Å². The molecule has 0 aliphatic carbocycles. The van der Waals surface area contributed by atoms with Gasteiger partial charge in [-0.1, -0.05) is 11.3 Å². The maximum atomic E-state index is 12.3. The van der Waals surface area contributed by atoms with Crippen molar-refractivity contribution in [1.82, 2.24) is 19.9 Å². The lowest BCUT2D eigenvalue weighted by atomic mass is 10.1. The number of hydrogen-bond acceptors (Lipinski definition) is 6. The van der Waals surface area contributed by atoms with E-state index < -0.39 is 0 Å². The van der Waals surface area contributed by atoms with Gasteiger partial charge in [-0.25, -0.2) is 9.97 Å². The van der Waals surface area contributed by atoms with Gasteiger partial charge < -0.3 is 19.5 Å². The van der Waals surface area contributed by atoms with E-state index >= 15 is 0 Å². The van der Waals surface area contributed by atoms with Gasteiger partial charge in [0.2, 0.25) is 0 Å². The molecule has 2 aromatic heterocycles. The molecule has 26 heavy (non-hydrogen) atoms. The second kappa shape index (κ2) is 6.95. The molecule has 0 saturated carbocycles. The van der Waals surface area contributed by atoms with Crippen LogP contribution >= 0.6 is 11.3 Å². The zero-order valence-electron chi connectivity index (χ0n) is 14.8. The number of carbonyl (C=O) groups excluding carboxylic acids is 1. The lowest BCUT2D eigenvalue weighted by Gasteiger charge is -2.32. The van der Waals surface area contributed by atoms with Crippen LogP contribution in [0.5, 0.6) is 5.75 Å². The second-order valence-corrected chi connectivity index (χ2v) is 7.46. The van der Waals surface area contributed by atoms with E-state index in [9.17, 15) is 4.79 Å². The Morgan fingerprint density at radius 2 is 2.15 bits per heavy atom. The average Bonchev–Trinajstić information content (AvgIpc) is 3.27. The first-order chi connectivity index (χ1) is 12.6. The summed E-state index contributed by atoms with van der Waals surface area (Å²) in [5, 5.41) is 4.15. The first kappa shape index (κ1) is 16.8. The first-order valence-corrected chi connectivity index (χ1v) is 9.42. The molecule has 0 atom stereocenters. The van der Waals surface area contributed by atoms with Gasteiger partial charge in [0.15, 0.2) is 5.13 Å². The fourth-order valence-electron chi connectivity index (χ4n) is 3.21. The van der Waals surface area contributed by atoms with E-state index in [2.05, 4.69) is 21.3 Å². The van der Waals surface area contributed by atoms with E-state index in [1.807, 2.05) is 19.2 Å². The van der Waals surface area contributed by atoms with Crippen LogP contribution in [0.25, 0.3) is 10.2 Å². The fourth-order valence-corrected chi connectivity index (χ4v) is 4.21. The maximum Gasteiger partial charge on any atom is 0.269 e. The molecule has 0 unspecified atom stereocenters. The van der Waals surface area contributed by atoms with E-state index in [4.69, 9.17) is 9.72 Å². The van der Waals surface area contributed by atoms with Gasteiger partial charge in [0.1, 0.15) is 11.4 Å². The maximum absolute atomic E-state index is 12.3. The van der Waals surface area contributed by atoms with Crippen LogP contribution in [0.2, 0.25) is 0 Å². The fraction of sp³-hybridized carbons (Fsp3) is 0.389. The van der Waals surface area contributed by atoms with Gasteiger partial charge >= 0.3 is 0 Å². The Kier molecular flexibility index (Phi) is 4.50. The zero-order chi connectivity index (χ0) is 18.1. The number of carbonyl (C=O) groups is 1. The third kappa shape index (κ3) is 3.24. The Labute approximate surface area is 155 Å². The van der Waals surface area contributed by atoms with E-state index in [1.54, 1.807) is 35.5 Å². The highest BCUT2D eigenvalue weighted by molar-refractivity contribution is 7.22. The van der Waals surface area contributed by atoms with Crippen LogP contribution in [0.4, 0.5) is 5.13 Å². The van der Waals surface area contributed by atoms with E-state index in [-0.39, 0.29) is 11.9 Å². The van der Waals surface area contributed by atoms with E-state index in [1.165, 1.54) is 0 Å². The lowest BCUT2D eigenvalue weighted by molar-refractivity contribution is 0.0923. The molecule has 0 radical (unpaired) electrons. The molecule has 0 bridgehead atoms. The standard InChI is InChI=1S/C18H21N5O2S/c1-22-11-19-10-15(22)17(24)20-12-5-7-23(8-6-12)18-21-14-9-13(25-2)3-4-16(14)26-18/h3-4,9-12H,5-8H2,1-2H3,(H,20,24). The summed E-state index contributed by atoms with van der Waals surface area (Å²) in [5.74, 6) is 0.765. The summed E-state index contributed by atoms with van der Waals surface area (Å²) in [6.45, 7) is 1.76. The lowest BCUT2D eigenvalue weighted by Crippen LogP contribution is -2.45. The van der Waals surface area contributed by atoms with Gasteiger partial charge in [0.05, 0.1) is 29.9 Å². The minimum Gasteiger partial charge on any atom is -0.497 e. The van der Waals surface area contributed by atoms with Crippen LogP contribution < -0.4 is 15.0 Å². The molecule has 7 nitrogen and oxygen atoms in total. The number of thiazole rings is 1. The number of rotatable bonds is 4. The zero-order valence-corrected chi connectivity index (χ0v) is 15.6. The number of amides is 1. The molecule has 1 aliphatic rings. The monoisotopic (exact) mass is 371 g/mol. The van der Waals surface area contributed by atoms with Crippen LogP contribution in [0.15, 0.2) is 30.7 Å². The quantitative estimate of drug-likeness (QED) is 0.763. The highest BCUT2D eigenvalue weighted by Crippen LogP contribution is 2.32. The Bertz CT molecular complexity index is 927. The summed E-state index contributed by atoms with van der Waals surface area (Å²) >= 11 is 1.70. The summed E-state index contributed by atoms with van der Waals surface area (Å²) in [7, 11) is 3.49. The van der Waals surface area contributed by atoms with Crippen molar-refractivity contribution in [3.05, 3.63) is 36.4 Å². The van der Waals surface area contributed by atoms with Crippen LogP contribution in [-0.4, -0.2) is 46.7 Å². The highest BCUT2D eigenvalue weighted by Gasteiger charge is 2.24. The van der Waals surface area contributed by atoms with Crippen molar-refractivity contribution in [2.45, 2.75) is 18.9 Å². The van der Waals surface area contributed by atoms with Crippen molar-refractivity contribution < 1.29 is 9.53 Å². The highest BCUT2D eigenvalue weighted by atomic mass is 32.1. The molecule has 4 rings (SSSR count). The van der Waals surface area contributed by atoms with E-state index in [0.29, 0.717) is 5.69 Å². The number of anilines is 1. The van der Waals surface area contributed by atoms with E-state index in [0.717, 1.165) is 47.0 Å². The third-order valence-electron chi connectivity index (χ3n) is 4.73. The number of ether oxygens (including phenoxy) is 1. The largest absolute Gasteiger partial charge is 0.497 e. The van der Waals surface area contributed by atoms with Crippen molar-refractivity contribution in [3.8, 4) is 5.75 Å². The van der Waals surface area contributed by atoms with Gasteiger partial charge in [0, 0.05) is 32.2 Å². The van der Waals surface area contributed by atoms with Gasteiger partial charge in [-0.05, 0) is 25.0 Å². The number of fused-ring (bicyclic) bond motifs is 1. The number of nitrogens with zero attached hydrogens (tertiary/aromatic N) is 4. The molecule has 0 spiro atoms. The van der Waals surface area contributed by atoms with Crippen molar-refractivity contribution in [1.29, 1.82) is 0 Å². The number of piperidine rings is 1. The number of aromatic nitrogens is 3. The summed E-state index contributed by atoms with van der Waals surface area (Å²) in [4.78, 5) is 23.4. The Morgan fingerprint density at radius 1 is 1.35 bits per heavy atom. The SMILES string of the molecule is COc1ccc2sc(N3CCC(NC(=O)c4cncn4C)CC3)nc2c1. The smallest absolute Gasteiger partial charge is 0.269 e. The summed E-state index contributed by atoms with van der Waals surface area (Å²) in [5.41, 5.74) is 1.56. The van der Waals surface area contributed by atoms with Gasteiger partial charge in [-0.2, -0.15) is 0 Å². The Balaban J connectivity index is 1.39. The molecule has 1 saturated heterocycles. The number of imidazole rings is 1. The second-order valence-electron chi connectivity index (χ2n) is 6.45. The van der Waals surface area contributed by atoms with Crippen LogP contribution in [0.3, 0.4) is 0 Å². The minimum atomic E-state index is -0.0597. The predicted octanol–water partition coefficient (Wildman–Crippen LogP) is 2.44. The number of nitrogens with one attached hydrogen (secondary N) is 1. The summed E-state index contributed by atoms with van der Waals surface area (Å²) < 4.78 is 8.17. The van der Waals surface area contributed by atoms with Gasteiger partial charge in [0.25, 0.3) is 5.91 Å². The van der Waals surface area contributed by atoms with Crippen molar-refractivity contribution in [3.63, 3.8) is 0 Å². The number of benzene rings is 1. The molecule has 3 aromatic rings. The average molecular weight is 371 g/mol. The molecule has 3 heterocycles. The topological polar surface area (TPSA) is 72.3 Å². The molecule has 136 valence electrons. The van der Waals surface area contributed by atoms with Crippen LogP contribution in [0.1, 0.15) is 23.3 Å². The Hall–Kier alpha value is -2.61. The van der Waals surface area contributed by atoms with Crippen LogP contribution in [0, 0.1) is 0 Å². The Morgan fingerprint density at radius 3 is 2.85 bits per heavy atom. The van der Waals surface area contributed by atoms with Crippen molar-refractivity contribution in [2.24, 2.45) is 7.05 Å². The summed E-state index contributed by atoms with van der Waals surface area (Å²) in [6, 6.07) is 6.17. The number of aryl methyl sites for hydroxylation is 1. The molecular weight excluding hydrogens is 350 g/mol. The third-order valence-corrected chi connectivity index (χ3v) is 5.83. The molecule has 1 aromatic carbocycles. The molecule has 1 aliphatic heterocycles. The molecule has 1 fully saturated rings. The molecule has 1 N–H and O–H groups in total. The predicted molar refractivity (Wildman–Crippen MR) is 102 cm³/mol. The molecular formula is C18H21N5O2S. The normalized spacial score (nSPS) is 15.4.